The van der Waals surface area contributed by atoms with Gasteiger partial charge in [-0.25, -0.2) is 9.97 Å². The number of aryl methyl sites for hydroxylation is 1. The minimum absolute atomic E-state index is 0.148. The number of hydrogen-bond acceptors (Lipinski definition) is 6. The summed E-state index contributed by atoms with van der Waals surface area (Å²) in [5.74, 6) is 1.69. The maximum Gasteiger partial charge on any atom is 0.209 e. The SMILES string of the molecule is Cc1nc(N(C)c2cccc(OCCCC(=O)N[O-])c2)c2ccccc2n1. The van der Waals surface area contributed by atoms with Crippen molar-refractivity contribution in [2.24, 2.45) is 0 Å². The highest BCUT2D eigenvalue weighted by molar-refractivity contribution is 5.91. The Hall–Kier alpha value is -3.19. The first-order valence-corrected chi connectivity index (χ1v) is 8.69. The Labute approximate surface area is 157 Å². The molecule has 0 spiro atoms. The summed E-state index contributed by atoms with van der Waals surface area (Å²) < 4.78 is 5.70. The van der Waals surface area contributed by atoms with Crippen LogP contribution >= 0.6 is 0 Å². The zero-order chi connectivity index (χ0) is 19.2. The molecule has 1 N–H and O–H groups in total. The van der Waals surface area contributed by atoms with Crippen molar-refractivity contribution < 1.29 is 9.53 Å². The Morgan fingerprint density at radius 1 is 1.19 bits per heavy atom. The van der Waals surface area contributed by atoms with Gasteiger partial charge in [-0.1, -0.05) is 18.2 Å². The Kier molecular flexibility index (Phi) is 5.83. The second-order valence-corrected chi connectivity index (χ2v) is 6.15. The first-order chi connectivity index (χ1) is 13.1. The van der Waals surface area contributed by atoms with E-state index in [4.69, 9.17) is 4.74 Å². The molecule has 0 saturated carbocycles. The van der Waals surface area contributed by atoms with Crippen molar-refractivity contribution in [1.29, 1.82) is 0 Å². The minimum atomic E-state index is -0.530. The molecule has 7 heteroatoms. The summed E-state index contributed by atoms with van der Waals surface area (Å²) in [5, 5.41) is 11.2. The second-order valence-electron chi connectivity index (χ2n) is 6.15. The van der Waals surface area contributed by atoms with Crippen molar-refractivity contribution in [1.82, 2.24) is 15.4 Å². The van der Waals surface area contributed by atoms with E-state index in [0.29, 0.717) is 24.6 Å². The van der Waals surface area contributed by atoms with Gasteiger partial charge in [0.1, 0.15) is 17.4 Å². The van der Waals surface area contributed by atoms with Crippen LogP contribution in [0.5, 0.6) is 5.75 Å². The zero-order valence-electron chi connectivity index (χ0n) is 15.3. The van der Waals surface area contributed by atoms with E-state index in [1.54, 1.807) is 0 Å². The first kappa shape index (κ1) is 18.6. The predicted octanol–water partition coefficient (Wildman–Crippen LogP) is 3.48. The Bertz CT molecular complexity index is 945. The summed E-state index contributed by atoms with van der Waals surface area (Å²) in [5.41, 5.74) is 3.18. The number of carbonyl (C=O) groups excluding carboxylic acids is 1. The summed E-state index contributed by atoms with van der Waals surface area (Å²) in [6.07, 6.45) is 0.624. The number of para-hydroxylation sites is 1. The molecule has 0 aliphatic carbocycles. The van der Waals surface area contributed by atoms with Crippen LogP contribution in [0, 0.1) is 12.1 Å². The van der Waals surface area contributed by atoms with Crippen LogP contribution in [0.2, 0.25) is 0 Å². The standard InChI is InChI=1S/C20H21N4O3/c1-14-21-18-10-4-3-9-17(18)20(22-14)24(2)15-7-5-8-16(13-15)27-12-6-11-19(25)23-26/h3-5,7-10,13H,6,11-12H2,1-2H3,(H-,23,25,26)/q-1. The lowest BCUT2D eigenvalue weighted by atomic mass is 10.2. The van der Waals surface area contributed by atoms with Gasteiger partial charge in [-0.2, -0.15) is 0 Å². The number of fused-ring (bicyclic) bond motifs is 1. The lowest BCUT2D eigenvalue weighted by Crippen LogP contribution is -2.16. The maximum absolute atomic E-state index is 11.0. The van der Waals surface area contributed by atoms with Gasteiger partial charge in [-0.3, -0.25) is 4.79 Å². The van der Waals surface area contributed by atoms with Gasteiger partial charge in [0.05, 0.1) is 12.1 Å². The monoisotopic (exact) mass is 365 g/mol. The number of amides is 1. The molecule has 0 unspecified atom stereocenters. The predicted molar refractivity (Wildman–Crippen MR) is 105 cm³/mol. The van der Waals surface area contributed by atoms with Crippen LogP contribution in [0.25, 0.3) is 10.9 Å². The molecule has 7 nitrogen and oxygen atoms in total. The van der Waals surface area contributed by atoms with Gasteiger partial charge in [0, 0.05) is 30.6 Å². The van der Waals surface area contributed by atoms with Crippen LogP contribution in [-0.2, 0) is 4.79 Å². The third-order valence-corrected chi connectivity index (χ3v) is 4.15. The maximum atomic E-state index is 11.0. The number of rotatable bonds is 7. The molecule has 0 aliphatic heterocycles. The van der Waals surface area contributed by atoms with E-state index in [-0.39, 0.29) is 6.42 Å². The lowest BCUT2D eigenvalue weighted by molar-refractivity contribution is -0.120. The average Bonchev–Trinajstić information content (AvgIpc) is 2.70. The molecule has 0 bridgehead atoms. The van der Waals surface area contributed by atoms with Crippen LogP contribution in [0.1, 0.15) is 18.7 Å². The number of aromatic nitrogens is 2. The van der Waals surface area contributed by atoms with Gasteiger partial charge < -0.3 is 20.3 Å². The molecular weight excluding hydrogens is 344 g/mol. The fourth-order valence-electron chi connectivity index (χ4n) is 2.81. The van der Waals surface area contributed by atoms with Crippen molar-refractivity contribution in [3.05, 3.63) is 59.6 Å². The topological polar surface area (TPSA) is 90.4 Å². The molecule has 1 amide bonds. The molecule has 3 rings (SSSR count). The third-order valence-electron chi connectivity index (χ3n) is 4.15. The Morgan fingerprint density at radius 3 is 2.81 bits per heavy atom. The van der Waals surface area contributed by atoms with Crippen LogP contribution in [0.4, 0.5) is 11.5 Å². The van der Waals surface area contributed by atoms with Crippen LogP contribution in [0.3, 0.4) is 0 Å². The molecule has 27 heavy (non-hydrogen) atoms. The first-order valence-electron chi connectivity index (χ1n) is 8.69. The Morgan fingerprint density at radius 2 is 2.00 bits per heavy atom. The molecule has 2 aromatic carbocycles. The zero-order valence-corrected chi connectivity index (χ0v) is 15.3. The number of nitrogens with one attached hydrogen (secondary N) is 1. The van der Waals surface area contributed by atoms with Crippen molar-refractivity contribution in [2.45, 2.75) is 19.8 Å². The molecular formula is C20H21N4O3-. The number of carbonyl (C=O) groups is 1. The third kappa shape index (κ3) is 4.51. The summed E-state index contributed by atoms with van der Waals surface area (Å²) in [6.45, 7) is 2.23. The van der Waals surface area contributed by atoms with E-state index >= 15 is 0 Å². The molecule has 0 atom stereocenters. The number of nitrogens with zero attached hydrogens (tertiary/aromatic N) is 3. The number of hydroxylamine groups is 1. The summed E-state index contributed by atoms with van der Waals surface area (Å²) in [6, 6.07) is 15.6. The molecule has 140 valence electrons. The van der Waals surface area contributed by atoms with Gasteiger partial charge in [0.15, 0.2) is 0 Å². The summed E-state index contributed by atoms with van der Waals surface area (Å²) >= 11 is 0. The van der Waals surface area contributed by atoms with Gasteiger partial charge >= 0.3 is 0 Å². The van der Waals surface area contributed by atoms with Crippen LogP contribution in [-0.4, -0.2) is 29.5 Å². The lowest BCUT2D eigenvalue weighted by Gasteiger charge is -2.21. The van der Waals surface area contributed by atoms with Crippen molar-refractivity contribution in [3.63, 3.8) is 0 Å². The van der Waals surface area contributed by atoms with E-state index in [0.717, 1.165) is 22.4 Å². The highest BCUT2D eigenvalue weighted by atomic mass is 16.5. The number of ether oxygens (including phenoxy) is 1. The van der Waals surface area contributed by atoms with Crippen molar-refractivity contribution in [2.75, 3.05) is 18.6 Å². The molecule has 0 fully saturated rings. The molecule has 0 aliphatic rings. The van der Waals surface area contributed by atoms with Crippen LogP contribution < -0.4 is 15.1 Å². The van der Waals surface area contributed by atoms with E-state index in [1.807, 2.05) is 67.4 Å². The van der Waals surface area contributed by atoms with Gasteiger partial charge in [0.25, 0.3) is 0 Å². The van der Waals surface area contributed by atoms with E-state index in [9.17, 15) is 10.0 Å². The van der Waals surface area contributed by atoms with Gasteiger partial charge in [-0.05, 0) is 37.6 Å². The smallest absolute Gasteiger partial charge is 0.209 e. The Balaban J connectivity index is 1.78. The average molecular weight is 365 g/mol. The summed E-state index contributed by atoms with van der Waals surface area (Å²) in [7, 11) is 1.95. The van der Waals surface area contributed by atoms with Crippen molar-refractivity contribution in [3.8, 4) is 5.75 Å². The van der Waals surface area contributed by atoms with E-state index in [1.165, 1.54) is 5.48 Å². The van der Waals surface area contributed by atoms with Crippen molar-refractivity contribution >= 4 is 28.3 Å². The fraction of sp³-hybridized carbons (Fsp3) is 0.250. The number of hydrogen-bond donors (Lipinski definition) is 1. The van der Waals surface area contributed by atoms with E-state index in [2.05, 4.69) is 9.97 Å². The normalized spacial score (nSPS) is 10.6. The van der Waals surface area contributed by atoms with E-state index < -0.39 is 5.91 Å². The van der Waals surface area contributed by atoms with Gasteiger partial charge in [0.2, 0.25) is 5.91 Å². The largest absolute Gasteiger partial charge is 0.759 e. The number of anilines is 2. The summed E-state index contributed by atoms with van der Waals surface area (Å²) in [4.78, 5) is 22.1. The fourth-order valence-corrected chi connectivity index (χ4v) is 2.81. The highest BCUT2D eigenvalue weighted by Crippen LogP contribution is 2.30. The van der Waals surface area contributed by atoms with Gasteiger partial charge in [-0.15, -0.1) is 0 Å². The van der Waals surface area contributed by atoms with Crippen LogP contribution in [0.15, 0.2) is 48.5 Å². The molecule has 0 radical (unpaired) electrons. The molecule has 0 saturated heterocycles. The molecule has 1 aromatic heterocycles. The second kappa shape index (κ2) is 8.46. The highest BCUT2D eigenvalue weighted by Gasteiger charge is 2.12. The quantitative estimate of drug-likeness (QED) is 0.509. The molecule has 3 aromatic rings. The molecule has 1 heterocycles. The minimum Gasteiger partial charge on any atom is -0.759 e. The number of benzene rings is 2.